The van der Waals surface area contributed by atoms with Crippen LogP contribution in [0.2, 0.25) is 0 Å². The number of halogens is 1. The third-order valence-electron chi connectivity index (χ3n) is 4.04. The number of rotatable bonds is 5. The molecule has 0 aromatic carbocycles. The molecule has 10 heteroatoms. The zero-order valence-electron chi connectivity index (χ0n) is 13.7. The maximum absolute atomic E-state index is 12.6. The second-order valence-electron chi connectivity index (χ2n) is 5.58. The summed E-state index contributed by atoms with van der Waals surface area (Å²) in [5, 5.41) is 19.3. The molecule has 2 unspecified atom stereocenters. The molecule has 0 aliphatic carbocycles. The number of ether oxygens (including phenoxy) is 1. The van der Waals surface area contributed by atoms with Crippen LogP contribution in [0, 0.1) is 0 Å². The number of carbonyl (C=O) groups excluding carboxylic acids is 2. The average molecular weight is 419 g/mol. The van der Waals surface area contributed by atoms with Gasteiger partial charge in [0.1, 0.15) is 6.10 Å². The van der Waals surface area contributed by atoms with E-state index in [-0.39, 0.29) is 18.4 Å². The predicted molar refractivity (Wildman–Crippen MR) is 90.2 cm³/mol. The van der Waals surface area contributed by atoms with Crippen molar-refractivity contribution < 1.29 is 24.5 Å². The third-order valence-corrected chi connectivity index (χ3v) is 5.03. The van der Waals surface area contributed by atoms with Crippen LogP contribution in [0.3, 0.4) is 0 Å². The molecule has 2 rings (SSSR count). The quantitative estimate of drug-likeness (QED) is 0.494. The summed E-state index contributed by atoms with van der Waals surface area (Å²) >= 11 is 3.20. The van der Waals surface area contributed by atoms with Crippen molar-refractivity contribution in [1.82, 2.24) is 9.13 Å². The smallest absolute Gasteiger partial charge is 0.340 e. The van der Waals surface area contributed by atoms with Gasteiger partial charge in [0.15, 0.2) is 12.0 Å². The number of Topliss-reactive ketones (excluding diaryl/α,β-unsaturated/α-hetero) is 1. The van der Waals surface area contributed by atoms with E-state index in [0.29, 0.717) is 4.57 Å². The highest BCUT2D eigenvalue weighted by molar-refractivity contribution is 9.09. The van der Waals surface area contributed by atoms with Crippen molar-refractivity contribution >= 4 is 27.6 Å². The molecule has 4 atom stereocenters. The molecule has 1 aliphatic rings. The van der Waals surface area contributed by atoms with E-state index < -0.39 is 52.8 Å². The highest BCUT2D eigenvalue weighted by Gasteiger charge is 2.44. The molecular formula is C15H19BrN2O7. The molecule has 9 nitrogen and oxygen atoms in total. The lowest BCUT2D eigenvalue weighted by molar-refractivity contribution is -0.0460. The van der Waals surface area contributed by atoms with Crippen LogP contribution in [0.5, 0.6) is 0 Å². The fourth-order valence-electron chi connectivity index (χ4n) is 2.59. The van der Waals surface area contributed by atoms with Crippen LogP contribution in [0.1, 0.15) is 48.1 Å². The Balaban J connectivity index is 2.70. The van der Waals surface area contributed by atoms with Crippen LogP contribution in [-0.4, -0.2) is 54.7 Å². The lowest BCUT2D eigenvalue weighted by Gasteiger charge is -2.19. The SMILES string of the molecule is CCC(=O)c1cn([C@H]2O[C@@H](CO)C(O)C2Br)c(=O)n(C(=O)CC)c1=O. The minimum Gasteiger partial charge on any atom is -0.394 e. The number of ketones is 1. The number of nitrogens with zero attached hydrogens (tertiary/aromatic N) is 2. The minimum absolute atomic E-state index is 0.0128. The lowest BCUT2D eigenvalue weighted by atomic mass is 10.1. The van der Waals surface area contributed by atoms with Gasteiger partial charge in [-0.15, -0.1) is 0 Å². The monoisotopic (exact) mass is 418 g/mol. The first-order valence-corrected chi connectivity index (χ1v) is 8.73. The maximum Gasteiger partial charge on any atom is 0.340 e. The zero-order valence-corrected chi connectivity index (χ0v) is 15.3. The van der Waals surface area contributed by atoms with Gasteiger partial charge in [0, 0.05) is 19.0 Å². The molecule has 0 saturated carbocycles. The van der Waals surface area contributed by atoms with Crippen LogP contribution in [0.25, 0.3) is 0 Å². The number of carbonyl (C=O) groups is 2. The Bertz CT molecular complexity index is 800. The topological polar surface area (TPSA) is 128 Å². The van der Waals surface area contributed by atoms with Crippen molar-refractivity contribution in [3.05, 3.63) is 32.6 Å². The van der Waals surface area contributed by atoms with Crippen LogP contribution in [0.15, 0.2) is 15.8 Å². The molecule has 0 bridgehead atoms. The molecule has 138 valence electrons. The Morgan fingerprint density at radius 2 is 1.92 bits per heavy atom. The summed E-state index contributed by atoms with van der Waals surface area (Å²) < 4.78 is 6.79. The Morgan fingerprint density at radius 3 is 2.40 bits per heavy atom. The summed E-state index contributed by atoms with van der Waals surface area (Å²) in [6.45, 7) is 2.55. The molecule has 25 heavy (non-hydrogen) atoms. The minimum atomic E-state index is -1.12. The van der Waals surface area contributed by atoms with Gasteiger partial charge in [-0.3, -0.25) is 19.0 Å². The highest BCUT2D eigenvalue weighted by atomic mass is 79.9. The summed E-state index contributed by atoms with van der Waals surface area (Å²) in [4.78, 5) is 48.4. The summed E-state index contributed by atoms with van der Waals surface area (Å²) in [5.41, 5.74) is -2.25. The number of aliphatic hydroxyl groups excluding tert-OH is 2. The molecule has 1 aliphatic heterocycles. The van der Waals surface area contributed by atoms with Gasteiger partial charge >= 0.3 is 5.69 Å². The van der Waals surface area contributed by atoms with Gasteiger partial charge in [0.2, 0.25) is 5.91 Å². The summed E-state index contributed by atoms with van der Waals surface area (Å²) in [5.74, 6) is -1.28. The van der Waals surface area contributed by atoms with Gasteiger partial charge in [-0.1, -0.05) is 29.8 Å². The molecule has 1 saturated heterocycles. The lowest BCUT2D eigenvalue weighted by Crippen LogP contribution is -2.47. The van der Waals surface area contributed by atoms with E-state index in [1.54, 1.807) is 6.92 Å². The van der Waals surface area contributed by atoms with Gasteiger partial charge in [-0.25, -0.2) is 4.79 Å². The molecule has 0 radical (unpaired) electrons. The molecule has 0 spiro atoms. The first-order valence-electron chi connectivity index (χ1n) is 7.81. The van der Waals surface area contributed by atoms with E-state index >= 15 is 0 Å². The fourth-order valence-corrected chi connectivity index (χ4v) is 3.31. The maximum atomic E-state index is 12.6. The second kappa shape index (κ2) is 7.73. The largest absolute Gasteiger partial charge is 0.394 e. The van der Waals surface area contributed by atoms with Crippen molar-refractivity contribution in [3.63, 3.8) is 0 Å². The summed E-state index contributed by atoms with van der Waals surface area (Å²) in [6, 6.07) is 0. The molecule has 1 fully saturated rings. The van der Waals surface area contributed by atoms with E-state index in [2.05, 4.69) is 15.9 Å². The van der Waals surface area contributed by atoms with E-state index in [9.17, 15) is 29.4 Å². The van der Waals surface area contributed by atoms with Crippen molar-refractivity contribution in [1.29, 1.82) is 0 Å². The van der Waals surface area contributed by atoms with Crippen molar-refractivity contribution in [2.24, 2.45) is 0 Å². The van der Waals surface area contributed by atoms with Gasteiger partial charge in [-0.05, 0) is 0 Å². The first-order chi connectivity index (χ1) is 11.8. The van der Waals surface area contributed by atoms with E-state index in [1.165, 1.54) is 6.92 Å². The molecule has 1 aromatic heterocycles. The Kier molecular flexibility index (Phi) is 6.09. The van der Waals surface area contributed by atoms with Crippen LogP contribution in [0.4, 0.5) is 0 Å². The van der Waals surface area contributed by atoms with Crippen molar-refractivity contribution in [3.8, 4) is 0 Å². The Labute approximate surface area is 151 Å². The highest BCUT2D eigenvalue weighted by Crippen LogP contribution is 2.33. The molecular weight excluding hydrogens is 400 g/mol. The van der Waals surface area contributed by atoms with Crippen molar-refractivity contribution in [2.75, 3.05) is 6.61 Å². The second-order valence-corrected chi connectivity index (χ2v) is 6.64. The summed E-state index contributed by atoms with van der Waals surface area (Å²) in [6.07, 6.45) is -2.22. The van der Waals surface area contributed by atoms with Gasteiger partial charge in [-0.2, -0.15) is 4.57 Å². The number of aliphatic hydroxyl groups is 2. The number of hydrogen-bond donors (Lipinski definition) is 2. The van der Waals surface area contributed by atoms with Gasteiger partial charge in [0.05, 0.1) is 23.1 Å². The van der Waals surface area contributed by atoms with Crippen molar-refractivity contribution in [2.45, 2.75) is 50.0 Å². The molecule has 1 aromatic rings. The average Bonchev–Trinajstić information content (AvgIpc) is 2.89. The standard InChI is InChI=1S/C15H19BrN2O7/c1-3-8(20)7-5-17(14-11(16)12(22)9(6-19)25-14)15(24)18(13(7)23)10(21)4-2/h5,9,11-12,14,19,22H,3-4,6H2,1-2H3/t9-,11?,12?,14-/m0/s1. The molecule has 0 amide bonds. The van der Waals surface area contributed by atoms with E-state index in [4.69, 9.17) is 4.74 Å². The first kappa shape index (κ1) is 19.7. The molecule has 2 N–H and O–H groups in total. The number of hydrogen-bond acceptors (Lipinski definition) is 7. The summed E-state index contributed by atoms with van der Waals surface area (Å²) in [7, 11) is 0. The third kappa shape index (κ3) is 3.39. The predicted octanol–water partition coefficient (Wildman–Crippen LogP) is -0.333. The van der Waals surface area contributed by atoms with Gasteiger partial charge in [0.25, 0.3) is 5.56 Å². The van der Waals surface area contributed by atoms with Crippen LogP contribution in [-0.2, 0) is 4.74 Å². The fraction of sp³-hybridized carbons (Fsp3) is 0.600. The van der Waals surface area contributed by atoms with Crippen LogP contribution < -0.4 is 11.2 Å². The number of aromatic nitrogens is 2. The van der Waals surface area contributed by atoms with E-state index in [1.807, 2.05) is 0 Å². The zero-order chi connectivity index (χ0) is 18.9. The Morgan fingerprint density at radius 1 is 1.28 bits per heavy atom. The van der Waals surface area contributed by atoms with Crippen LogP contribution >= 0.6 is 15.9 Å². The normalized spacial score (nSPS) is 26.0. The Hall–Kier alpha value is -1.62. The molecule has 2 heterocycles. The van der Waals surface area contributed by atoms with Gasteiger partial charge < -0.3 is 14.9 Å². The van der Waals surface area contributed by atoms with E-state index in [0.717, 1.165) is 10.8 Å². The number of alkyl halides is 1.